The summed E-state index contributed by atoms with van der Waals surface area (Å²) in [5.41, 5.74) is 2.66. The number of benzene rings is 2. The lowest BCUT2D eigenvalue weighted by atomic mass is 10.2. The van der Waals surface area contributed by atoms with Crippen LogP contribution in [0.15, 0.2) is 42.5 Å². The van der Waals surface area contributed by atoms with Gasteiger partial charge in [0.25, 0.3) is 0 Å². The van der Waals surface area contributed by atoms with Gasteiger partial charge in [-0.15, -0.1) is 0 Å². The van der Waals surface area contributed by atoms with Crippen LogP contribution in [0.25, 0.3) is 10.9 Å². The van der Waals surface area contributed by atoms with Crippen molar-refractivity contribution in [1.29, 1.82) is 0 Å². The highest BCUT2D eigenvalue weighted by Crippen LogP contribution is 2.32. The highest BCUT2D eigenvalue weighted by atomic mass is 35.5. The molecule has 5 nitrogen and oxygen atoms in total. The van der Waals surface area contributed by atoms with E-state index in [0.29, 0.717) is 10.8 Å². The lowest BCUT2D eigenvalue weighted by Gasteiger charge is -2.29. The minimum atomic E-state index is 0.206. The number of nitrogens with one attached hydrogen (secondary N) is 1. The van der Waals surface area contributed by atoms with Crippen LogP contribution in [0.2, 0.25) is 10.3 Å². The van der Waals surface area contributed by atoms with Crippen molar-refractivity contribution in [3.8, 4) is 0 Å². The van der Waals surface area contributed by atoms with Gasteiger partial charge in [-0.25, -0.2) is 4.98 Å². The molecule has 1 fully saturated rings. The number of rotatable bonds is 3. The first-order chi connectivity index (χ1) is 12.2. The Bertz CT molecular complexity index is 913. The summed E-state index contributed by atoms with van der Waals surface area (Å²) >= 11 is 12.5. The molecule has 0 atom stereocenters. The SMILES string of the molecule is Clc1nc(Nc2ccc(N3CCOCC3)c(Cl)c2)c2ccccc2n1. The van der Waals surface area contributed by atoms with Crippen LogP contribution >= 0.6 is 23.2 Å². The number of nitrogens with zero attached hydrogens (tertiary/aromatic N) is 3. The lowest BCUT2D eigenvalue weighted by Crippen LogP contribution is -2.36. The van der Waals surface area contributed by atoms with Crippen LogP contribution < -0.4 is 10.2 Å². The topological polar surface area (TPSA) is 50.3 Å². The summed E-state index contributed by atoms with van der Waals surface area (Å²) in [5, 5.41) is 5.10. The van der Waals surface area contributed by atoms with Crippen molar-refractivity contribution >= 4 is 51.3 Å². The van der Waals surface area contributed by atoms with Crippen LogP contribution in [-0.2, 0) is 4.74 Å². The molecule has 1 aliphatic rings. The third kappa shape index (κ3) is 3.49. The van der Waals surface area contributed by atoms with Gasteiger partial charge in [0.2, 0.25) is 5.28 Å². The molecule has 1 aliphatic heterocycles. The van der Waals surface area contributed by atoms with Gasteiger partial charge in [-0.05, 0) is 41.9 Å². The van der Waals surface area contributed by atoms with Gasteiger partial charge < -0.3 is 15.0 Å². The fourth-order valence-electron chi connectivity index (χ4n) is 2.93. The molecule has 0 unspecified atom stereocenters. The van der Waals surface area contributed by atoms with E-state index in [-0.39, 0.29) is 5.28 Å². The van der Waals surface area contributed by atoms with E-state index in [1.165, 1.54) is 0 Å². The molecule has 0 saturated carbocycles. The molecule has 1 aromatic heterocycles. The minimum absolute atomic E-state index is 0.206. The molecule has 0 bridgehead atoms. The van der Waals surface area contributed by atoms with Crippen molar-refractivity contribution in [3.05, 3.63) is 52.8 Å². The normalized spacial score (nSPS) is 14.7. The zero-order chi connectivity index (χ0) is 17.2. The van der Waals surface area contributed by atoms with Crippen molar-refractivity contribution in [2.45, 2.75) is 0 Å². The highest BCUT2D eigenvalue weighted by Gasteiger charge is 2.15. The molecule has 25 heavy (non-hydrogen) atoms. The van der Waals surface area contributed by atoms with Crippen molar-refractivity contribution in [2.24, 2.45) is 0 Å². The van der Waals surface area contributed by atoms with Gasteiger partial charge in [-0.3, -0.25) is 0 Å². The average Bonchev–Trinajstić information content (AvgIpc) is 2.62. The Morgan fingerprint density at radius 1 is 1.00 bits per heavy atom. The molecule has 2 heterocycles. The molecule has 0 spiro atoms. The van der Waals surface area contributed by atoms with Crippen LogP contribution in [0.1, 0.15) is 0 Å². The Balaban J connectivity index is 1.64. The number of fused-ring (bicyclic) bond motifs is 1. The number of ether oxygens (including phenoxy) is 1. The molecule has 0 aliphatic carbocycles. The molecule has 0 amide bonds. The summed E-state index contributed by atoms with van der Waals surface area (Å²) in [6.07, 6.45) is 0. The van der Waals surface area contributed by atoms with Gasteiger partial charge >= 0.3 is 0 Å². The quantitative estimate of drug-likeness (QED) is 0.683. The fraction of sp³-hybridized carbons (Fsp3) is 0.222. The van der Waals surface area contributed by atoms with Gasteiger partial charge in [0, 0.05) is 24.2 Å². The van der Waals surface area contributed by atoms with Crippen LogP contribution in [0.4, 0.5) is 17.2 Å². The average molecular weight is 375 g/mol. The fourth-order valence-corrected chi connectivity index (χ4v) is 3.40. The highest BCUT2D eigenvalue weighted by molar-refractivity contribution is 6.33. The van der Waals surface area contributed by atoms with E-state index < -0.39 is 0 Å². The molecular formula is C18H16Cl2N4O. The molecule has 4 rings (SSSR count). The molecule has 3 aromatic rings. The van der Waals surface area contributed by atoms with E-state index in [1.807, 2.05) is 42.5 Å². The first-order valence-corrected chi connectivity index (χ1v) is 8.78. The molecule has 1 saturated heterocycles. The Kier molecular flexibility index (Phi) is 4.61. The molecule has 2 aromatic carbocycles. The summed E-state index contributed by atoms with van der Waals surface area (Å²) in [6.45, 7) is 3.14. The van der Waals surface area contributed by atoms with E-state index in [4.69, 9.17) is 27.9 Å². The third-order valence-corrected chi connectivity index (χ3v) is 4.61. The lowest BCUT2D eigenvalue weighted by molar-refractivity contribution is 0.122. The standard InChI is InChI=1S/C18H16Cl2N4O/c19-14-11-12(5-6-16(14)24-7-9-25-10-8-24)21-17-13-3-1-2-4-15(13)22-18(20)23-17/h1-6,11H,7-10H2,(H,21,22,23). The van der Waals surface area contributed by atoms with Crippen molar-refractivity contribution in [2.75, 3.05) is 36.5 Å². The smallest absolute Gasteiger partial charge is 0.224 e. The van der Waals surface area contributed by atoms with E-state index in [9.17, 15) is 0 Å². The van der Waals surface area contributed by atoms with E-state index >= 15 is 0 Å². The number of morpholine rings is 1. The number of halogens is 2. The molecule has 0 radical (unpaired) electrons. The van der Waals surface area contributed by atoms with E-state index in [2.05, 4.69) is 20.2 Å². The van der Waals surface area contributed by atoms with Crippen molar-refractivity contribution in [3.63, 3.8) is 0 Å². The largest absolute Gasteiger partial charge is 0.378 e. The predicted molar refractivity (Wildman–Crippen MR) is 102 cm³/mol. The maximum atomic E-state index is 6.50. The Labute approximate surface area is 155 Å². The Morgan fingerprint density at radius 3 is 2.60 bits per heavy atom. The monoisotopic (exact) mass is 374 g/mol. The first-order valence-electron chi connectivity index (χ1n) is 8.02. The third-order valence-electron chi connectivity index (χ3n) is 4.14. The first kappa shape index (κ1) is 16.4. The van der Waals surface area contributed by atoms with E-state index in [1.54, 1.807) is 0 Å². The predicted octanol–water partition coefficient (Wildman–Crippen LogP) is 4.52. The summed E-state index contributed by atoms with van der Waals surface area (Å²) in [7, 11) is 0. The van der Waals surface area contributed by atoms with Crippen LogP contribution in [0, 0.1) is 0 Å². The van der Waals surface area contributed by atoms with Crippen LogP contribution in [0.5, 0.6) is 0 Å². The number of para-hydroxylation sites is 1. The second kappa shape index (κ2) is 7.04. The second-order valence-corrected chi connectivity index (χ2v) is 6.49. The Hall–Kier alpha value is -2.08. The second-order valence-electron chi connectivity index (χ2n) is 5.75. The summed E-state index contributed by atoms with van der Waals surface area (Å²) < 4.78 is 5.39. The molecule has 1 N–H and O–H groups in total. The Morgan fingerprint density at radius 2 is 1.80 bits per heavy atom. The maximum Gasteiger partial charge on any atom is 0.224 e. The van der Waals surface area contributed by atoms with E-state index in [0.717, 1.165) is 48.6 Å². The molecular weight excluding hydrogens is 359 g/mol. The molecule has 128 valence electrons. The van der Waals surface area contributed by atoms with Gasteiger partial charge in [0.1, 0.15) is 5.82 Å². The zero-order valence-electron chi connectivity index (χ0n) is 13.4. The number of anilines is 3. The van der Waals surface area contributed by atoms with Crippen molar-refractivity contribution in [1.82, 2.24) is 9.97 Å². The van der Waals surface area contributed by atoms with Gasteiger partial charge in [0.15, 0.2) is 0 Å². The molecule has 7 heteroatoms. The minimum Gasteiger partial charge on any atom is -0.378 e. The van der Waals surface area contributed by atoms with Gasteiger partial charge in [0.05, 0.1) is 29.4 Å². The summed E-state index contributed by atoms with van der Waals surface area (Å²) in [6, 6.07) is 13.6. The van der Waals surface area contributed by atoms with Crippen LogP contribution in [-0.4, -0.2) is 36.3 Å². The van der Waals surface area contributed by atoms with Gasteiger partial charge in [-0.2, -0.15) is 4.98 Å². The summed E-state index contributed by atoms with van der Waals surface area (Å²) in [4.78, 5) is 10.8. The summed E-state index contributed by atoms with van der Waals surface area (Å²) in [5.74, 6) is 0.658. The van der Waals surface area contributed by atoms with Gasteiger partial charge in [-0.1, -0.05) is 23.7 Å². The van der Waals surface area contributed by atoms with Crippen LogP contribution in [0.3, 0.4) is 0 Å². The number of hydrogen-bond donors (Lipinski definition) is 1. The number of hydrogen-bond acceptors (Lipinski definition) is 5. The van der Waals surface area contributed by atoms with Crippen molar-refractivity contribution < 1.29 is 4.74 Å². The zero-order valence-corrected chi connectivity index (χ0v) is 14.9. The number of aromatic nitrogens is 2. The maximum absolute atomic E-state index is 6.50.